The average molecular weight is 182 g/mol. The highest BCUT2D eigenvalue weighted by Gasteiger charge is 2.41. The Balaban J connectivity index is 2.19. The van der Waals surface area contributed by atoms with Gasteiger partial charge in [0.2, 0.25) is 11.8 Å². The molecule has 2 fully saturated rings. The number of nitrogens with one attached hydrogen (secondary N) is 1. The van der Waals surface area contributed by atoms with Crippen LogP contribution in [0.1, 0.15) is 25.7 Å². The Morgan fingerprint density at radius 1 is 1.23 bits per heavy atom. The van der Waals surface area contributed by atoms with Crippen LogP contribution in [-0.4, -0.2) is 23.9 Å². The number of hydrazine groups is 1. The molecule has 4 nitrogen and oxygen atoms in total. The molecule has 0 bridgehead atoms. The van der Waals surface area contributed by atoms with Crippen LogP contribution in [0.2, 0.25) is 0 Å². The van der Waals surface area contributed by atoms with Gasteiger partial charge >= 0.3 is 0 Å². The molecule has 0 unspecified atom stereocenters. The predicted octanol–water partition coefficient (Wildman–Crippen LogP) is 0.296. The molecule has 13 heavy (non-hydrogen) atoms. The number of rotatable bonds is 0. The summed E-state index contributed by atoms with van der Waals surface area (Å²) in [6.45, 7) is 0. The molecule has 0 spiro atoms. The molecule has 1 N–H and O–H groups in total. The van der Waals surface area contributed by atoms with Gasteiger partial charge in [-0.15, -0.1) is 0 Å². The van der Waals surface area contributed by atoms with Crippen LogP contribution in [0.3, 0.4) is 0 Å². The van der Waals surface area contributed by atoms with Crippen molar-refractivity contribution in [1.29, 1.82) is 0 Å². The van der Waals surface area contributed by atoms with Gasteiger partial charge in [0.05, 0.1) is 11.8 Å². The highest BCUT2D eigenvalue weighted by molar-refractivity contribution is 5.92. The Labute approximate surface area is 77.3 Å². The molecular formula is C9H14N2O2. The van der Waals surface area contributed by atoms with Crippen molar-refractivity contribution in [3.05, 3.63) is 0 Å². The van der Waals surface area contributed by atoms with Gasteiger partial charge in [-0.25, -0.2) is 0 Å². The third-order valence-electron chi connectivity index (χ3n) is 3.03. The number of carbonyl (C=O) groups excluding carboxylic acids is 2. The molecule has 0 aromatic carbocycles. The zero-order chi connectivity index (χ0) is 9.42. The first-order valence-corrected chi connectivity index (χ1v) is 4.78. The summed E-state index contributed by atoms with van der Waals surface area (Å²) >= 11 is 0. The maximum Gasteiger partial charge on any atom is 0.244 e. The number of amides is 2. The van der Waals surface area contributed by atoms with Crippen molar-refractivity contribution in [2.45, 2.75) is 25.7 Å². The Bertz CT molecular complexity index is 252. The highest BCUT2D eigenvalue weighted by Crippen LogP contribution is 2.33. The molecule has 2 rings (SSSR count). The molecule has 72 valence electrons. The summed E-state index contributed by atoms with van der Waals surface area (Å²) in [5, 5.41) is 1.33. The molecule has 4 heteroatoms. The van der Waals surface area contributed by atoms with Crippen molar-refractivity contribution in [2.75, 3.05) is 7.05 Å². The molecule has 1 saturated heterocycles. The Morgan fingerprint density at radius 2 is 1.85 bits per heavy atom. The molecule has 0 aromatic heterocycles. The lowest BCUT2D eigenvalue weighted by Gasteiger charge is -2.37. The summed E-state index contributed by atoms with van der Waals surface area (Å²) in [7, 11) is 1.62. The quantitative estimate of drug-likeness (QED) is 0.585. The fraction of sp³-hybridized carbons (Fsp3) is 0.778. The average Bonchev–Trinajstić information content (AvgIpc) is 2.15. The third-order valence-corrected chi connectivity index (χ3v) is 3.03. The van der Waals surface area contributed by atoms with Crippen LogP contribution in [0.5, 0.6) is 0 Å². The van der Waals surface area contributed by atoms with Crippen molar-refractivity contribution in [2.24, 2.45) is 11.8 Å². The fourth-order valence-corrected chi connectivity index (χ4v) is 2.29. The van der Waals surface area contributed by atoms with E-state index in [2.05, 4.69) is 5.43 Å². The number of carbonyl (C=O) groups is 2. The molecule has 1 aliphatic heterocycles. The molecule has 2 atom stereocenters. The van der Waals surface area contributed by atoms with E-state index in [0.717, 1.165) is 25.7 Å². The van der Waals surface area contributed by atoms with E-state index >= 15 is 0 Å². The van der Waals surface area contributed by atoms with Gasteiger partial charge in [0, 0.05) is 7.05 Å². The molecular weight excluding hydrogens is 168 g/mol. The second-order valence-corrected chi connectivity index (χ2v) is 3.87. The molecule has 2 amide bonds. The van der Waals surface area contributed by atoms with Crippen LogP contribution in [0, 0.1) is 11.8 Å². The SMILES string of the molecule is CN1NC(=O)[C@@H]2CCCC[C@H]2C1=O. The minimum absolute atomic E-state index is 0.0202. The van der Waals surface area contributed by atoms with Gasteiger partial charge in [0.25, 0.3) is 0 Å². The van der Waals surface area contributed by atoms with Crippen LogP contribution < -0.4 is 5.43 Å². The van der Waals surface area contributed by atoms with E-state index in [1.54, 1.807) is 7.05 Å². The predicted molar refractivity (Wildman–Crippen MR) is 46.4 cm³/mol. The summed E-state index contributed by atoms with van der Waals surface area (Å²) in [5.74, 6) is -0.0129. The summed E-state index contributed by atoms with van der Waals surface area (Å²) in [5.41, 5.74) is 2.57. The standard InChI is InChI=1S/C9H14N2O2/c1-11-9(13)7-5-3-2-4-6(7)8(12)10-11/h6-7H,2-5H2,1H3,(H,10,12)/t6-,7-/m1/s1. The van der Waals surface area contributed by atoms with Crippen molar-refractivity contribution >= 4 is 11.8 Å². The second kappa shape index (κ2) is 3.01. The van der Waals surface area contributed by atoms with E-state index in [-0.39, 0.29) is 23.7 Å². The lowest BCUT2D eigenvalue weighted by molar-refractivity contribution is -0.157. The van der Waals surface area contributed by atoms with Crippen molar-refractivity contribution < 1.29 is 9.59 Å². The summed E-state index contributed by atoms with van der Waals surface area (Å²) in [6.07, 6.45) is 3.90. The van der Waals surface area contributed by atoms with Gasteiger partial charge < -0.3 is 0 Å². The van der Waals surface area contributed by atoms with Gasteiger partial charge in [-0.3, -0.25) is 20.0 Å². The topological polar surface area (TPSA) is 49.4 Å². The zero-order valence-electron chi connectivity index (χ0n) is 7.75. The Morgan fingerprint density at radius 3 is 2.54 bits per heavy atom. The van der Waals surface area contributed by atoms with E-state index < -0.39 is 0 Å². The number of nitrogens with zero attached hydrogens (tertiary/aromatic N) is 1. The monoisotopic (exact) mass is 182 g/mol. The third kappa shape index (κ3) is 1.30. The minimum Gasteiger partial charge on any atom is -0.273 e. The lowest BCUT2D eigenvalue weighted by atomic mass is 9.77. The van der Waals surface area contributed by atoms with E-state index in [4.69, 9.17) is 0 Å². The molecule has 2 aliphatic rings. The van der Waals surface area contributed by atoms with E-state index in [1.807, 2.05) is 0 Å². The molecule has 0 aromatic rings. The first-order valence-electron chi connectivity index (χ1n) is 4.78. The van der Waals surface area contributed by atoms with Gasteiger partial charge in [-0.2, -0.15) is 0 Å². The van der Waals surface area contributed by atoms with E-state index in [0.29, 0.717) is 0 Å². The molecule has 1 heterocycles. The van der Waals surface area contributed by atoms with Gasteiger partial charge in [-0.1, -0.05) is 12.8 Å². The van der Waals surface area contributed by atoms with Gasteiger partial charge in [0.1, 0.15) is 0 Å². The van der Waals surface area contributed by atoms with Crippen LogP contribution in [0.15, 0.2) is 0 Å². The minimum atomic E-state index is -0.0579. The fourth-order valence-electron chi connectivity index (χ4n) is 2.29. The maximum absolute atomic E-state index is 11.6. The first-order chi connectivity index (χ1) is 6.20. The van der Waals surface area contributed by atoms with Crippen LogP contribution in [0.25, 0.3) is 0 Å². The maximum atomic E-state index is 11.6. The number of hydrogen-bond acceptors (Lipinski definition) is 2. The van der Waals surface area contributed by atoms with Crippen LogP contribution in [0.4, 0.5) is 0 Å². The molecule has 0 radical (unpaired) electrons. The summed E-state index contributed by atoms with van der Waals surface area (Å²) < 4.78 is 0. The van der Waals surface area contributed by atoms with Crippen LogP contribution >= 0.6 is 0 Å². The second-order valence-electron chi connectivity index (χ2n) is 3.87. The van der Waals surface area contributed by atoms with Crippen LogP contribution in [-0.2, 0) is 9.59 Å². The highest BCUT2D eigenvalue weighted by atomic mass is 16.2. The van der Waals surface area contributed by atoms with E-state index in [1.165, 1.54) is 5.01 Å². The van der Waals surface area contributed by atoms with Crippen molar-refractivity contribution in [3.63, 3.8) is 0 Å². The van der Waals surface area contributed by atoms with Gasteiger partial charge in [-0.05, 0) is 12.8 Å². The summed E-state index contributed by atoms with van der Waals surface area (Å²) in [6, 6.07) is 0. The van der Waals surface area contributed by atoms with Crippen molar-refractivity contribution in [1.82, 2.24) is 10.4 Å². The Hall–Kier alpha value is -1.06. The number of hydrogen-bond donors (Lipinski definition) is 1. The summed E-state index contributed by atoms with van der Waals surface area (Å²) in [4.78, 5) is 23.1. The smallest absolute Gasteiger partial charge is 0.244 e. The first kappa shape index (κ1) is 8.53. The molecule has 1 saturated carbocycles. The Kier molecular flexibility index (Phi) is 1.98. The number of fused-ring (bicyclic) bond motifs is 1. The lowest BCUT2D eigenvalue weighted by Crippen LogP contribution is -2.57. The van der Waals surface area contributed by atoms with Gasteiger partial charge in [0.15, 0.2) is 0 Å². The molecule has 1 aliphatic carbocycles. The largest absolute Gasteiger partial charge is 0.273 e. The van der Waals surface area contributed by atoms with Crippen molar-refractivity contribution in [3.8, 4) is 0 Å². The zero-order valence-corrected chi connectivity index (χ0v) is 7.75. The van der Waals surface area contributed by atoms with E-state index in [9.17, 15) is 9.59 Å². The normalized spacial score (nSPS) is 34.1.